The van der Waals surface area contributed by atoms with Crippen molar-refractivity contribution in [2.24, 2.45) is 0 Å². The second-order valence-electron chi connectivity index (χ2n) is 4.91. The summed E-state index contributed by atoms with van der Waals surface area (Å²) in [5.74, 6) is -0.546. The van der Waals surface area contributed by atoms with E-state index in [9.17, 15) is 14.9 Å². The molecule has 0 aliphatic heterocycles. The summed E-state index contributed by atoms with van der Waals surface area (Å²) in [5, 5.41) is 16.6. The maximum absolute atomic E-state index is 12.2. The lowest BCUT2D eigenvalue weighted by Crippen LogP contribution is -2.34. The largest absolute Gasteiger partial charge is 0.332 e. The zero-order valence-corrected chi connectivity index (χ0v) is 15.7. The van der Waals surface area contributed by atoms with E-state index >= 15 is 0 Å². The van der Waals surface area contributed by atoms with Crippen LogP contribution >= 0.6 is 47.0 Å². The van der Waals surface area contributed by atoms with Gasteiger partial charge in [-0.25, -0.2) is 0 Å². The summed E-state index contributed by atoms with van der Waals surface area (Å²) in [6.07, 6.45) is 0. The highest BCUT2D eigenvalue weighted by molar-refractivity contribution is 7.80. The van der Waals surface area contributed by atoms with E-state index in [2.05, 4.69) is 10.6 Å². The van der Waals surface area contributed by atoms with Gasteiger partial charge < -0.3 is 5.32 Å². The predicted octanol–water partition coefficient (Wildman–Crippen LogP) is 4.99. The smallest absolute Gasteiger partial charge is 0.288 e. The van der Waals surface area contributed by atoms with Crippen LogP contribution in [0.2, 0.25) is 15.1 Å². The van der Waals surface area contributed by atoms with Gasteiger partial charge in [-0.05, 0) is 49.0 Å². The minimum Gasteiger partial charge on any atom is -0.332 e. The minimum absolute atomic E-state index is 0.0194. The molecule has 0 heterocycles. The van der Waals surface area contributed by atoms with Gasteiger partial charge in [0.2, 0.25) is 0 Å². The van der Waals surface area contributed by atoms with Crippen LogP contribution in [0.15, 0.2) is 30.3 Å². The maximum Gasteiger partial charge on any atom is 0.288 e. The zero-order chi connectivity index (χ0) is 18.7. The Morgan fingerprint density at radius 1 is 1.16 bits per heavy atom. The molecule has 0 atom stereocenters. The van der Waals surface area contributed by atoms with E-state index in [1.165, 1.54) is 24.3 Å². The third-order valence-corrected chi connectivity index (χ3v) is 4.21. The molecule has 2 N–H and O–H groups in total. The number of thiocarbonyl (C=S) groups is 1. The Morgan fingerprint density at radius 3 is 2.48 bits per heavy atom. The first-order valence-electron chi connectivity index (χ1n) is 6.71. The van der Waals surface area contributed by atoms with E-state index in [0.717, 1.165) is 0 Å². The molecule has 0 saturated heterocycles. The van der Waals surface area contributed by atoms with Crippen LogP contribution in [0.5, 0.6) is 0 Å². The van der Waals surface area contributed by atoms with Crippen molar-refractivity contribution in [2.75, 3.05) is 5.32 Å². The molecule has 10 heteroatoms. The highest BCUT2D eigenvalue weighted by Crippen LogP contribution is 2.30. The van der Waals surface area contributed by atoms with Crippen molar-refractivity contribution in [3.05, 3.63) is 66.6 Å². The maximum atomic E-state index is 12.2. The van der Waals surface area contributed by atoms with Crippen LogP contribution in [0.25, 0.3) is 0 Å². The lowest BCUT2D eigenvalue weighted by molar-refractivity contribution is -0.384. The summed E-state index contributed by atoms with van der Waals surface area (Å²) in [6, 6.07) is 7.13. The average molecular weight is 419 g/mol. The topological polar surface area (TPSA) is 84.3 Å². The van der Waals surface area contributed by atoms with Crippen LogP contribution in [-0.2, 0) is 0 Å². The van der Waals surface area contributed by atoms with Gasteiger partial charge >= 0.3 is 0 Å². The molecule has 2 rings (SSSR count). The Hall–Kier alpha value is -1.93. The molecule has 2 aromatic rings. The summed E-state index contributed by atoms with van der Waals surface area (Å²) in [6.45, 7) is 1.64. The Balaban J connectivity index is 2.15. The SMILES string of the molecule is Cc1cc([N+](=O)[O-])c(Cl)cc1NC(=S)NC(=O)c1cc(Cl)ccc1Cl. The highest BCUT2D eigenvalue weighted by atomic mass is 35.5. The number of nitro benzene ring substituents is 1. The molecule has 0 aliphatic rings. The van der Waals surface area contributed by atoms with Crippen molar-refractivity contribution in [3.63, 3.8) is 0 Å². The molecular formula is C15H10Cl3N3O3S. The van der Waals surface area contributed by atoms with Crippen LogP contribution in [-0.4, -0.2) is 15.9 Å². The summed E-state index contributed by atoms with van der Waals surface area (Å²) in [7, 11) is 0. The molecule has 25 heavy (non-hydrogen) atoms. The summed E-state index contributed by atoms with van der Waals surface area (Å²) < 4.78 is 0. The summed E-state index contributed by atoms with van der Waals surface area (Å²) in [5.41, 5.74) is 0.911. The van der Waals surface area contributed by atoms with Crippen LogP contribution in [0.4, 0.5) is 11.4 Å². The number of hydrogen-bond donors (Lipinski definition) is 2. The number of amides is 1. The minimum atomic E-state index is -0.583. The first-order valence-corrected chi connectivity index (χ1v) is 8.25. The van der Waals surface area contributed by atoms with Crippen LogP contribution < -0.4 is 10.6 Å². The number of nitro groups is 1. The Labute approximate surface area is 163 Å². The molecule has 0 spiro atoms. The molecule has 0 aliphatic carbocycles. The van der Waals surface area contributed by atoms with E-state index in [1.54, 1.807) is 13.0 Å². The second kappa shape index (κ2) is 7.97. The molecule has 0 aromatic heterocycles. The highest BCUT2D eigenvalue weighted by Gasteiger charge is 2.17. The molecule has 6 nitrogen and oxygen atoms in total. The number of hydrogen-bond acceptors (Lipinski definition) is 4. The van der Waals surface area contributed by atoms with Gasteiger partial charge in [-0.1, -0.05) is 34.8 Å². The zero-order valence-electron chi connectivity index (χ0n) is 12.6. The molecule has 1 amide bonds. The molecule has 130 valence electrons. The third kappa shape index (κ3) is 4.79. The fourth-order valence-electron chi connectivity index (χ4n) is 1.94. The number of aryl methyl sites for hydroxylation is 1. The van der Waals surface area contributed by atoms with Crippen LogP contribution in [0.1, 0.15) is 15.9 Å². The number of anilines is 1. The van der Waals surface area contributed by atoms with Crippen molar-refractivity contribution in [1.82, 2.24) is 5.32 Å². The summed E-state index contributed by atoms with van der Waals surface area (Å²) in [4.78, 5) is 22.5. The van der Waals surface area contributed by atoms with Crippen molar-refractivity contribution in [2.45, 2.75) is 6.92 Å². The van der Waals surface area contributed by atoms with Crippen LogP contribution in [0, 0.1) is 17.0 Å². The van der Waals surface area contributed by atoms with Gasteiger partial charge in [0.25, 0.3) is 11.6 Å². The normalized spacial score (nSPS) is 10.2. The molecule has 0 radical (unpaired) electrons. The first-order chi connectivity index (χ1) is 11.7. The Morgan fingerprint density at radius 2 is 1.84 bits per heavy atom. The van der Waals surface area contributed by atoms with E-state index in [1.807, 2.05) is 0 Å². The number of halogens is 3. The van der Waals surface area contributed by atoms with Gasteiger partial charge in [0.1, 0.15) is 5.02 Å². The van der Waals surface area contributed by atoms with Gasteiger partial charge in [-0.15, -0.1) is 0 Å². The second-order valence-corrected chi connectivity index (χ2v) is 6.57. The average Bonchev–Trinajstić information content (AvgIpc) is 2.52. The Bertz CT molecular complexity index is 890. The van der Waals surface area contributed by atoms with E-state index in [0.29, 0.717) is 16.3 Å². The van der Waals surface area contributed by atoms with Gasteiger partial charge in [0, 0.05) is 16.8 Å². The van der Waals surface area contributed by atoms with E-state index in [4.69, 9.17) is 47.0 Å². The summed E-state index contributed by atoms with van der Waals surface area (Å²) >= 11 is 22.8. The number of carbonyl (C=O) groups excluding carboxylic acids is 1. The van der Waals surface area contributed by atoms with Crippen molar-refractivity contribution >= 4 is 69.4 Å². The molecule has 0 bridgehead atoms. The monoisotopic (exact) mass is 417 g/mol. The molecule has 0 unspecified atom stereocenters. The quantitative estimate of drug-likeness (QED) is 0.417. The van der Waals surface area contributed by atoms with Crippen molar-refractivity contribution < 1.29 is 9.72 Å². The third-order valence-electron chi connectivity index (χ3n) is 3.14. The lowest BCUT2D eigenvalue weighted by atomic mass is 10.2. The van der Waals surface area contributed by atoms with Gasteiger partial charge in [0.15, 0.2) is 5.11 Å². The van der Waals surface area contributed by atoms with Gasteiger partial charge in [-0.3, -0.25) is 20.2 Å². The molecular weight excluding hydrogens is 409 g/mol. The number of nitrogens with one attached hydrogen (secondary N) is 2. The number of carbonyl (C=O) groups is 1. The Kier molecular flexibility index (Phi) is 6.18. The van der Waals surface area contributed by atoms with E-state index < -0.39 is 10.8 Å². The standard InChI is InChI=1S/C15H10Cl3N3O3S/c1-7-4-13(21(23)24)11(18)6-12(7)19-15(25)20-14(22)9-5-8(16)2-3-10(9)17/h2-6H,1H3,(H2,19,20,22,25). The first kappa shape index (κ1) is 19.4. The number of benzene rings is 2. The lowest BCUT2D eigenvalue weighted by Gasteiger charge is -2.13. The number of nitrogens with zero attached hydrogens (tertiary/aromatic N) is 1. The molecule has 0 saturated carbocycles. The molecule has 2 aromatic carbocycles. The number of rotatable bonds is 3. The van der Waals surface area contributed by atoms with E-state index in [-0.39, 0.29) is 26.4 Å². The predicted molar refractivity (Wildman–Crippen MR) is 103 cm³/mol. The van der Waals surface area contributed by atoms with Crippen molar-refractivity contribution in [3.8, 4) is 0 Å². The fourth-order valence-corrected chi connectivity index (χ4v) is 2.75. The molecule has 0 fully saturated rings. The van der Waals surface area contributed by atoms with Gasteiger partial charge in [-0.2, -0.15) is 0 Å². The van der Waals surface area contributed by atoms with Crippen molar-refractivity contribution in [1.29, 1.82) is 0 Å². The fraction of sp³-hybridized carbons (Fsp3) is 0.0667. The van der Waals surface area contributed by atoms with Gasteiger partial charge in [0.05, 0.1) is 15.5 Å². The van der Waals surface area contributed by atoms with Crippen LogP contribution in [0.3, 0.4) is 0 Å².